The third-order valence-electron chi connectivity index (χ3n) is 4.33. The van der Waals surface area contributed by atoms with E-state index in [-0.39, 0.29) is 5.91 Å². The lowest BCUT2D eigenvalue weighted by Gasteiger charge is -2.12. The van der Waals surface area contributed by atoms with E-state index in [9.17, 15) is 4.79 Å². The highest BCUT2D eigenvalue weighted by atomic mass is 16.5. The van der Waals surface area contributed by atoms with Crippen LogP contribution in [0.1, 0.15) is 10.5 Å². The quantitative estimate of drug-likeness (QED) is 0.580. The maximum absolute atomic E-state index is 12.9. The Bertz CT molecular complexity index is 1100. The monoisotopic (exact) mass is 374 g/mol. The SMILES string of the molecule is COc1ccc(-n2cnnc2)cc1NC(=O)c1cc(-c2ccccc2)nn1C. The molecule has 0 unspecified atom stereocenters. The molecule has 0 bridgehead atoms. The van der Waals surface area contributed by atoms with Crippen LogP contribution in [0, 0.1) is 0 Å². The van der Waals surface area contributed by atoms with Gasteiger partial charge in [-0.2, -0.15) is 5.10 Å². The Labute approximate surface area is 161 Å². The number of methoxy groups -OCH3 is 1. The number of carbonyl (C=O) groups excluding carboxylic acids is 1. The van der Waals surface area contributed by atoms with Crippen molar-refractivity contribution in [2.45, 2.75) is 0 Å². The number of ether oxygens (including phenoxy) is 1. The molecular weight excluding hydrogens is 356 g/mol. The zero-order valence-corrected chi connectivity index (χ0v) is 15.4. The first kappa shape index (κ1) is 17.5. The minimum absolute atomic E-state index is 0.281. The van der Waals surface area contributed by atoms with E-state index in [1.807, 2.05) is 36.4 Å². The summed E-state index contributed by atoms with van der Waals surface area (Å²) >= 11 is 0. The van der Waals surface area contributed by atoms with Gasteiger partial charge in [-0.25, -0.2) is 0 Å². The number of aromatic nitrogens is 5. The van der Waals surface area contributed by atoms with Crippen molar-refractivity contribution in [2.75, 3.05) is 12.4 Å². The van der Waals surface area contributed by atoms with Gasteiger partial charge < -0.3 is 10.1 Å². The van der Waals surface area contributed by atoms with Gasteiger partial charge in [0.2, 0.25) is 0 Å². The smallest absolute Gasteiger partial charge is 0.274 e. The molecule has 8 nitrogen and oxygen atoms in total. The third kappa shape index (κ3) is 3.35. The molecule has 0 fully saturated rings. The van der Waals surface area contributed by atoms with Crippen LogP contribution in [-0.4, -0.2) is 37.6 Å². The predicted molar refractivity (Wildman–Crippen MR) is 105 cm³/mol. The van der Waals surface area contributed by atoms with Gasteiger partial charge in [0.15, 0.2) is 0 Å². The molecule has 0 radical (unpaired) electrons. The first-order valence-corrected chi connectivity index (χ1v) is 8.59. The molecule has 2 heterocycles. The lowest BCUT2D eigenvalue weighted by Crippen LogP contribution is -2.16. The molecule has 0 aliphatic rings. The highest BCUT2D eigenvalue weighted by Gasteiger charge is 2.16. The molecule has 1 N–H and O–H groups in total. The summed E-state index contributed by atoms with van der Waals surface area (Å²) in [4.78, 5) is 12.9. The van der Waals surface area contributed by atoms with Gasteiger partial charge in [-0.1, -0.05) is 30.3 Å². The van der Waals surface area contributed by atoms with Crippen molar-refractivity contribution in [1.29, 1.82) is 0 Å². The van der Waals surface area contributed by atoms with Crippen LogP contribution in [-0.2, 0) is 7.05 Å². The van der Waals surface area contributed by atoms with Gasteiger partial charge in [-0.3, -0.25) is 14.0 Å². The predicted octanol–water partition coefficient (Wildman–Crippen LogP) is 2.93. The lowest BCUT2D eigenvalue weighted by molar-refractivity contribution is 0.101. The molecule has 0 aliphatic carbocycles. The van der Waals surface area contributed by atoms with Crippen molar-refractivity contribution in [1.82, 2.24) is 24.5 Å². The maximum Gasteiger partial charge on any atom is 0.274 e. The van der Waals surface area contributed by atoms with Crippen LogP contribution in [0.5, 0.6) is 5.75 Å². The highest BCUT2D eigenvalue weighted by Crippen LogP contribution is 2.28. The van der Waals surface area contributed by atoms with Crippen LogP contribution in [0.4, 0.5) is 5.69 Å². The Morgan fingerprint density at radius 3 is 2.50 bits per heavy atom. The Morgan fingerprint density at radius 2 is 1.79 bits per heavy atom. The summed E-state index contributed by atoms with van der Waals surface area (Å²) in [6.07, 6.45) is 3.17. The molecule has 0 saturated heterocycles. The summed E-state index contributed by atoms with van der Waals surface area (Å²) in [7, 11) is 3.30. The first-order chi connectivity index (χ1) is 13.7. The highest BCUT2D eigenvalue weighted by molar-refractivity contribution is 6.04. The zero-order chi connectivity index (χ0) is 19.5. The molecule has 140 valence electrons. The largest absolute Gasteiger partial charge is 0.495 e. The van der Waals surface area contributed by atoms with Crippen LogP contribution < -0.4 is 10.1 Å². The van der Waals surface area contributed by atoms with Gasteiger partial charge in [0.1, 0.15) is 24.1 Å². The average Bonchev–Trinajstić information content (AvgIpc) is 3.38. The second-order valence-electron chi connectivity index (χ2n) is 6.11. The molecular formula is C20H18N6O2. The standard InChI is InChI=1S/C20H18N6O2/c1-25-18(11-16(24-25)14-6-4-3-5-7-14)20(27)23-17-10-15(8-9-19(17)28-2)26-12-21-22-13-26/h3-13H,1-2H3,(H,23,27). The Morgan fingerprint density at radius 1 is 1.04 bits per heavy atom. The maximum atomic E-state index is 12.9. The number of rotatable bonds is 5. The average molecular weight is 374 g/mol. The third-order valence-corrected chi connectivity index (χ3v) is 4.33. The fourth-order valence-electron chi connectivity index (χ4n) is 2.90. The minimum Gasteiger partial charge on any atom is -0.495 e. The second-order valence-corrected chi connectivity index (χ2v) is 6.11. The summed E-state index contributed by atoms with van der Waals surface area (Å²) in [6, 6.07) is 16.9. The minimum atomic E-state index is -0.281. The molecule has 0 spiro atoms. The second kappa shape index (κ2) is 7.36. The van der Waals surface area contributed by atoms with E-state index in [1.54, 1.807) is 54.3 Å². The van der Waals surface area contributed by atoms with Gasteiger partial charge in [0, 0.05) is 12.6 Å². The number of hydrogen-bond acceptors (Lipinski definition) is 5. The molecule has 0 aliphatic heterocycles. The number of hydrogen-bond donors (Lipinski definition) is 1. The summed E-state index contributed by atoms with van der Waals surface area (Å²) < 4.78 is 8.69. The van der Waals surface area contributed by atoms with E-state index in [4.69, 9.17) is 4.74 Å². The van der Waals surface area contributed by atoms with Crippen molar-refractivity contribution in [3.8, 4) is 22.7 Å². The van der Waals surface area contributed by atoms with Crippen LogP contribution in [0.2, 0.25) is 0 Å². The normalized spacial score (nSPS) is 10.6. The van der Waals surface area contributed by atoms with E-state index in [0.29, 0.717) is 17.1 Å². The van der Waals surface area contributed by atoms with Gasteiger partial charge >= 0.3 is 0 Å². The van der Waals surface area contributed by atoms with Crippen molar-refractivity contribution in [3.05, 3.63) is 72.9 Å². The summed E-state index contributed by atoms with van der Waals surface area (Å²) in [5, 5.41) is 15.0. The van der Waals surface area contributed by atoms with Gasteiger partial charge in [-0.15, -0.1) is 10.2 Å². The van der Waals surface area contributed by atoms with E-state index in [1.165, 1.54) is 0 Å². The van der Waals surface area contributed by atoms with E-state index in [0.717, 1.165) is 16.9 Å². The molecule has 2 aromatic carbocycles. The van der Waals surface area contributed by atoms with Crippen molar-refractivity contribution in [3.63, 3.8) is 0 Å². The van der Waals surface area contributed by atoms with Crippen molar-refractivity contribution in [2.24, 2.45) is 7.05 Å². The summed E-state index contributed by atoms with van der Waals surface area (Å²) in [5.41, 5.74) is 3.47. The molecule has 2 aromatic heterocycles. The van der Waals surface area contributed by atoms with Crippen LogP contribution >= 0.6 is 0 Å². The molecule has 8 heteroatoms. The molecule has 0 atom stereocenters. The zero-order valence-electron chi connectivity index (χ0n) is 15.4. The van der Waals surface area contributed by atoms with Crippen LogP contribution in [0.15, 0.2) is 67.3 Å². The van der Waals surface area contributed by atoms with Crippen LogP contribution in [0.3, 0.4) is 0 Å². The topological polar surface area (TPSA) is 86.9 Å². The van der Waals surface area contributed by atoms with Gasteiger partial charge in [-0.05, 0) is 24.3 Å². The number of amides is 1. The molecule has 0 saturated carbocycles. The Balaban J connectivity index is 1.64. The Hall–Kier alpha value is -3.94. The number of anilines is 1. The fraction of sp³-hybridized carbons (Fsp3) is 0.100. The number of nitrogens with one attached hydrogen (secondary N) is 1. The van der Waals surface area contributed by atoms with E-state index < -0.39 is 0 Å². The lowest BCUT2D eigenvalue weighted by atomic mass is 10.1. The van der Waals surface area contributed by atoms with E-state index >= 15 is 0 Å². The van der Waals surface area contributed by atoms with Gasteiger partial charge in [0.05, 0.1) is 24.2 Å². The van der Waals surface area contributed by atoms with Crippen molar-refractivity contribution >= 4 is 11.6 Å². The Kier molecular flexibility index (Phi) is 4.59. The number of aryl methyl sites for hydroxylation is 1. The molecule has 28 heavy (non-hydrogen) atoms. The van der Waals surface area contributed by atoms with Crippen LogP contribution in [0.25, 0.3) is 16.9 Å². The molecule has 4 aromatic rings. The first-order valence-electron chi connectivity index (χ1n) is 8.59. The molecule has 4 rings (SSSR count). The number of benzene rings is 2. The summed E-state index contributed by atoms with van der Waals surface area (Å²) in [5.74, 6) is 0.270. The number of carbonyl (C=O) groups is 1. The van der Waals surface area contributed by atoms with Gasteiger partial charge in [0.25, 0.3) is 5.91 Å². The number of nitrogens with zero attached hydrogens (tertiary/aromatic N) is 5. The molecule has 1 amide bonds. The van der Waals surface area contributed by atoms with E-state index in [2.05, 4.69) is 20.6 Å². The fourth-order valence-corrected chi connectivity index (χ4v) is 2.90. The van der Waals surface area contributed by atoms with Crippen molar-refractivity contribution < 1.29 is 9.53 Å². The summed E-state index contributed by atoms with van der Waals surface area (Å²) in [6.45, 7) is 0.